The summed E-state index contributed by atoms with van der Waals surface area (Å²) in [5.41, 5.74) is 13.3. The number of para-hydroxylation sites is 2. The molecule has 1 aromatic carbocycles. The van der Waals surface area contributed by atoms with Crippen LogP contribution in [-0.4, -0.2) is 23.4 Å². The van der Waals surface area contributed by atoms with E-state index in [1.165, 1.54) is 0 Å². The number of methoxy groups -OCH3 is 1. The Labute approximate surface area is 100.0 Å². The highest BCUT2D eigenvalue weighted by atomic mass is 16.5. The van der Waals surface area contributed by atoms with E-state index in [0.717, 1.165) is 23.4 Å². The predicted molar refractivity (Wildman–Crippen MR) is 67.3 cm³/mol. The molecule has 2 aromatic rings. The van der Waals surface area contributed by atoms with E-state index >= 15 is 0 Å². The number of nitrogens with two attached hydrogens (primary N) is 2. The van der Waals surface area contributed by atoms with Crippen LogP contribution in [0, 0.1) is 0 Å². The molecule has 0 bridgehead atoms. The molecule has 0 aliphatic carbocycles. The Hall–Kier alpha value is -2.01. The minimum Gasteiger partial charge on any atom is -0.494 e. The van der Waals surface area contributed by atoms with E-state index < -0.39 is 0 Å². The van der Waals surface area contributed by atoms with Gasteiger partial charge in [-0.05, 0) is 25.1 Å². The Kier molecular flexibility index (Phi) is 3.30. The van der Waals surface area contributed by atoms with Gasteiger partial charge in [0.1, 0.15) is 17.3 Å². The summed E-state index contributed by atoms with van der Waals surface area (Å²) in [6.45, 7) is 0.557. The molecule has 0 saturated carbocycles. The van der Waals surface area contributed by atoms with Crippen LogP contribution in [0.3, 0.4) is 0 Å². The summed E-state index contributed by atoms with van der Waals surface area (Å²) in [6.07, 6.45) is 2.47. The van der Waals surface area contributed by atoms with E-state index in [4.69, 9.17) is 16.2 Å². The van der Waals surface area contributed by atoms with Gasteiger partial charge in [-0.1, -0.05) is 12.1 Å². The van der Waals surface area contributed by atoms with Crippen LogP contribution in [-0.2, 0) is 6.42 Å². The maximum Gasteiger partial charge on any atom is 0.144 e. The molecule has 0 radical (unpaired) electrons. The topological polar surface area (TPSA) is 79.1 Å². The predicted octanol–water partition coefficient (Wildman–Crippen LogP) is 0.964. The fourth-order valence-corrected chi connectivity index (χ4v) is 1.74. The molecule has 0 atom stereocenters. The van der Waals surface area contributed by atoms with E-state index in [-0.39, 0.29) is 0 Å². The Morgan fingerprint density at radius 2 is 2.12 bits per heavy atom. The Morgan fingerprint density at radius 1 is 1.35 bits per heavy atom. The monoisotopic (exact) mass is 232 g/mol. The minimum atomic E-state index is 0.557. The zero-order valence-corrected chi connectivity index (χ0v) is 9.76. The van der Waals surface area contributed by atoms with Crippen LogP contribution in [0.4, 0.5) is 5.82 Å². The average molecular weight is 232 g/mol. The van der Waals surface area contributed by atoms with Gasteiger partial charge in [0.05, 0.1) is 13.3 Å². The van der Waals surface area contributed by atoms with Gasteiger partial charge in [-0.3, -0.25) is 0 Å². The molecule has 0 saturated heterocycles. The molecule has 5 nitrogen and oxygen atoms in total. The Morgan fingerprint density at radius 3 is 2.82 bits per heavy atom. The first-order chi connectivity index (χ1) is 8.27. The number of rotatable bonds is 4. The summed E-state index contributed by atoms with van der Waals surface area (Å²) in [4.78, 5) is 0. The number of hydrogen-bond donors (Lipinski definition) is 2. The number of anilines is 1. The molecule has 0 unspecified atom stereocenters. The second-order valence-corrected chi connectivity index (χ2v) is 3.68. The molecule has 1 aromatic heterocycles. The van der Waals surface area contributed by atoms with Gasteiger partial charge in [-0.15, -0.1) is 0 Å². The fourth-order valence-electron chi connectivity index (χ4n) is 1.74. The number of nitrogen functional groups attached to an aromatic ring is 1. The Balaban J connectivity index is 2.46. The van der Waals surface area contributed by atoms with Crippen molar-refractivity contribution < 1.29 is 4.74 Å². The van der Waals surface area contributed by atoms with Crippen LogP contribution < -0.4 is 16.2 Å². The summed E-state index contributed by atoms with van der Waals surface area (Å²) in [7, 11) is 1.62. The van der Waals surface area contributed by atoms with Gasteiger partial charge in [0.25, 0.3) is 0 Å². The summed E-state index contributed by atoms with van der Waals surface area (Å²) in [5.74, 6) is 1.35. The summed E-state index contributed by atoms with van der Waals surface area (Å²) >= 11 is 0. The number of hydrogen-bond acceptors (Lipinski definition) is 4. The van der Waals surface area contributed by atoms with Crippen LogP contribution >= 0.6 is 0 Å². The van der Waals surface area contributed by atoms with Crippen LogP contribution in [0.25, 0.3) is 5.69 Å². The normalized spacial score (nSPS) is 10.5. The quantitative estimate of drug-likeness (QED) is 0.823. The first kappa shape index (κ1) is 11.5. The highest BCUT2D eigenvalue weighted by Crippen LogP contribution is 2.25. The third kappa shape index (κ3) is 2.09. The number of ether oxygens (including phenoxy) is 1. The second-order valence-electron chi connectivity index (χ2n) is 3.68. The maximum atomic E-state index is 6.03. The van der Waals surface area contributed by atoms with Crippen molar-refractivity contribution in [1.29, 1.82) is 0 Å². The third-order valence-electron chi connectivity index (χ3n) is 2.61. The van der Waals surface area contributed by atoms with Crippen molar-refractivity contribution in [3.8, 4) is 11.4 Å². The smallest absolute Gasteiger partial charge is 0.144 e. The van der Waals surface area contributed by atoms with Crippen LogP contribution in [0.1, 0.15) is 5.56 Å². The zero-order valence-electron chi connectivity index (χ0n) is 9.76. The lowest BCUT2D eigenvalue weighted by Crippen LogP contribution is -2.07. The molecule has 0 spiro atoms. The number of nitrogens with zero attached hydrogens (tertiary/aromatic N) is 2. The van der Waals surface area contributed by atoms with Gasteiger partial charge in [-0.2, -0.15) is 5.10 Å². The van der Waals surface area contributed by atoms with Gasteiger partial charge in [-0.25, -0.2) is 4.68 Å². The molecule has 0 amide bonds. The van der Waals surface area contributed by atoms with E-state index in [1.807, 2.05) is 24.3 Å². The van der Waals surface area contributed by atoms with Gasteiger partial charge >= 0.3 is 0 Å². The molecule has 0 aliphatic rings. The van der Waals surface area contributed by atoms with E-state index in [0.29, 0.717) is 12.4 Å². The van der Waals surface area contributed by atoms with Gasteiger partial charge in [0.2, 0.25) is 0 Å². The lowest BCUT2D eigenvalue weighted by atomic mass is 10.2. The zero-order chi connectivity index (χ0) is 12.3. The van der Waals surface area contributed by atoms with Crippen molar-refractivity contribution in [3.63, 3.8) is 0 Å². The first-order valence-corrected chi connectivity index (χ1v) is 5.43. The van der Waals surface area contributed by atoms with E-state index in [1.54, 1.807) is 18.0 Å². The van der Waals surface area contributed by atoms with Crippen molar-refractivity contribution in [2.24, 2.45) is 5.73 Å². The van der Waals surface area contributed by atoms with Crippen molar-refractivity contribution in [2.75, 3.05) is 19.4 Å². The molecule has 0 fully saturated rings. The lowest BCUT2D eigenvalue weighted by Gasteiger charge is -2.09. The molecular formula is C12H16N4O. The third-order valence-corrected chi connectivity index (χ3v) is 2.61. The number of aromatic nitrogens is 2. The van der Waals surface area contributed by atoms with Crippen molar-refractivity contribution in [1.82, 2.24) is 9.78 Å². The highest BCUT2D eigenvalue weighted by molar-refractivity contribution is 5.53. The average Bonchev–Trinajstić information content (AvgIpc) is 2.72. The molecule has 5 heteroatoms. The van der Waals surface area contributed by atoms with Crippen LogP contribution in [0.5, 0.6) is 5.75 Å². The summed E-state index contributed by atoms with van der Waals surface area (Å²) < 4.78 is 6.95. The van der Waals surface area contributed by atoms with Gasteiger partial charge in [0, 0.05) is 5.56 Å². The summed E-state index contributed by atoms with van der Waals surface area (Å²) in [6, 6.07) is 7.61. The van der Waals surface area contributed by atoms with Crippen molar-refractivity contribution in [3.05, 3.63) is 36.0 Å². The Bertz CT molecular complexity index is 507. The van der Waals surface area contributed by atoms with Crippen molar-refractivity contribution >= 4 is 5.82 Å². The molecule has 17 heavy (non-hydrogen) atoms. The van der Waals surface area contributed by atoms with Crippen LogP contribution in [0.2, 0.25) is 0 Å². The molecule has 0 aliphatic heterocycles. The SMILES string of the molecule is COc1ccccc1-n1ncc(CCN)c1N. The van der Waals surface area contributed by atoms with Gasteiger partial charge in [0.15, 0.2) is 0 Å². The molecule has 4 N–H and O–H groups in total. The lowest BCUT2D eigenvalue weighted by molar-refractivity contribution is 0.412. The molecule has 2 rings (SSSR count). The van der Waals surface area contributed by atoms with E-state index in [2.05, 4.69) is 5.10 Å². The number of benzene rings is 1. The highest BCUT2D eigenvalue weighted by Gasteiger charge is 2.11. The molecular weight excluding hydrogens is 216 g/mol. The minimum absolute atomic E-state index is 0.557. The second kappa shape index (κ2) is 4.88. The standard InChI is InChI=1S/C12H16N4O/c1-17-11-5-3-2-4-10(11)16-12(14)9(6-7-13)8-15-16/h2-5,8H,6-7,13-14H2,1H3. The largest absolute Gasteiger partial charge is 0.494 e. The molecule has 1 heterocycles. The van der Waals surface area contributed by atoms with Gasteiger partial charge < -0.3 is 16.2 Å². The molecule has 90 valence electrons. The van der Waals surface area contributed by atoms with Crippen LogP contribution in [0.15, 0.2) is 30.5 Å². The van der Waals surface area contributed by atoms with E-state index in [9.17, 15) is 0 Å². The fraction of sp³-hybridized carbons (Fsp3) is 0.250. The van der Waals surface area contributed by atoms with Crippen molar-refractivity contribution in [2.45, 2.75) is 6.42 Å². The maximum absolute atomic E-state index is 6.03. The first-order valence-electron chi connectivity index (χ1n) is 5.43. The summed E-state index contributed by atoms with van der Waals surface area (Å²) in [5, 5.41) is 4.27.